The predicted molar refractivity (Wildman–Crippen MR) is 84.3 cm³/mol. The molecular formula is C16H16FNO4S. The van der Waals surface area contributed by atoms with Crippen LogP contribution in [0.1, 0.15) is 22.8 Å². The lowest BCUT2D eigenvalue weighted by Gasteiger charge is -2.10. The van der Waals surface area contributed by atoms with Crippen molar-refractivity contribution in [1.82, 2.24) is 0 Å². The topological polar surface area (TPSA) is 72.5 Å². The van der Waals surface area contributed by atoms with Crippen molar-refractivity contribution in [3.05, 3.63) is 59.4 Å². The zero-order valence-electron chi connectivity index (χ0n) is 12.7. The van der Waals surface area contributed by atoms with Crippen molar-refractivity contribution in [2.24, 2.45) is 0 Å². The van der Waals surface area contributed by atoms with E-state index in [0.717, 1.165) is 17.7 Å². The summed E-state index contributed by atoms with van der Waals surface area (Å²) in [6.07, 6.45) is 0. The molecule has 0 aliphatic rings. The van der Waals surface area contributed by atoms with Crippen molar-refractivity contribution in [1.29, 1.82) is 0 Å². The number of aryl methyl sites for hydroxylation is 1. The van der Waals surface area contributed by atoms with Crippen molar-refractivity contribution in [2.75, 3.05) is 11.3 Å². The van der Waals surface area contributed by atoms with E-state index in [-0.39, 0.29) is 22.8 Å². The summed E-state index contributed by atoms with van der Waals surface area (Å²) in [5.74, 6) is -1.46. The van der Waals surface area contributed by atoms with Crippen molar-refractivity contribution < 1.29 is 22.3 Å². The van der Waals surface area contributed by atoms with Crippen LogP contribution in [0.25, 0.3) is 0 Å². The van der Waals surface area contributed by atoms with Gasteiger partial charge in [0.25, 0.3) is 10.0 Å². The van der Waals surface area contributed by atoms with Crippen LogP contribution in [0.4, 0.5) is 10.1 Å². The number of rotatable bonds is 5. The van der Waals surface area contributed by atoms with Gasteiger partial charge in [0.1, 0.15) is 5.82 Å². The lowest BCUT2D eigenvalue weighted by molar-refractivity contribution is 0.0526. The van der Waals surface area contributed by atoms with E-state index in [0.29, 0.717) is 0 Å². The standard InChI is InChI=1S/C16H16FNO4S/c1-3-22-16(19)12-8-13(17)10-14(9-12)18-23(20,21)15-6-4-11(2)5-7-15/h4-10,18H,3H2,1-2H3. The van der Waals surface area contributed by atoms with Crippen LogP contribution >= 0.6 is 0 Å². The molecule has 0 spiro atoms. The molecule has 0 radical (unpaired) electrons. The summed E-state index contributed by atoms with van der Waals surface area (Å²) < 4.78 is 45.2. The molecule has 2 aromatic rings. The molecule has 0 amide bonds. The van der Waals surface area contributed by atoms with Crippen LogP contribution < -0.4 is 4.72 Å². The maximum absolute atomic E-state index is 13.6. The molecule has 0 unspecified atom stereocenters. The van der Waals surface area contributed by atoms with E-state index in [1.807, 2.05) is 6.92 Å². The fourth-order valence-electron chi connectivity index (χ4n) is 1.91. The molecule has 0 aliphatic heterocycles. The first kappa shape index (κ1) is 17.0. The number of hydrogen-bond donors (Lipinski definition) is 1. The average molecular weight is 337 g/mol. The van der Waals surface area contributed by atoms with E-state index in [9.17, 15) is 17.6 Å². The number of ether oxygens (including phenoxy) is 1. The number of carbonyl (C=O) groups excluding carboxylic acids is 1. The highest BCUT2D eigenvalue weighted by molar-refractivity contribution is 7.92. The monoisotopic (exact) mass is 337 g/mol. The highest BCUT2D eigenvalue weighted by Crippen LogP contribution is 2.20. The van der Waals surface area contributed by atoms with Gasteiger partial charge in [-0.15, -0.1) is 0 Å². The minimum absolute atomic E-state index is 0.0463. The fourth-order valence-corrected chi connectivity index (χ4v) is 2.95. The number of esters is 1. The number of halogens is 1. The molecule has 0 aromatic heterocycles. The molecular weight excluding hydrogens is 321 g/mol. The van der Waals surface area contributed by atoms with Crippen molar-refractivity contribution in [2.45, 2.75) is 18.7 Å². The van der Waals surface area contributed by atoms with Crippen molar-refractivity contribution in [3.63, 3.8) is 0 Å². The fraction of sp³-hybridized carbons (Fsp3) is 0.188. The van der Waals surface area contributed by atoms with Gasteiger partial charge >= 0.3 is 5.97 Å². The number of anilines is 1. The smallest absolute Gasteiger partial charge is 0.338 e. The molecule has 0 aliphatic carbocycles. The molecule has 1 N–H and O–H groups in total. The van der Waals surface area contributed by atoms with Gasteiger partial charge in [-0.3, -0.25) is 4.72 Å². The molecule has 0 bridgehead atoms. The number of nitrogens with one attached hydrogen (secondary N) is 1. The van der Waals surface area contributed by atoms with Crippen LogP contribution in [-0.4, -0.2) is 21.0 Å². The predicted octanol–water partition coefficient (Wildman–Crippen LogP) is 3.11. The van der Waals surface area contributed by atoms with Crippen LogP contribution in [0.5, 0.6) is 0 Å². The summed E-state index contributed by atoms with van der Waals surface area (Å²) in [5.41, 5.74) is 0.807. The Morgan fingerprint density at radius 2 is 1.83 bits per heavy atom. The second-order valence-corrected chi connectivity index (χ2v) is 6.55. The SMILES string of the molecule is CCOC(=O)c1cc(F)cc(NS(=O)(=O)c2ccc(C)cc2)c1. The highest BCUT2D eigenvalue weighted by Gasteiger charge is 2.16. The third kappa shape index (κ3) is 4.29. The Balaban J connectivity index is 2.32. The Labute approximate surface area is 134 Å². The largest absolute Gasteiger partial charge is 0.462 e. The normalized spacial score (nSPS) is 11.1. The zero-order valence-corrected chi connectivity index (χ0v) is 13.5. The number of benzene rings is 2. The zero-order chi connectivity index (χ0) is 17.0. The van der Waals surface area contributed by atoms with Gasteiger partial charge in [0.2, 0.25) is 0 Å². The number of sulfonamides is 1. The Morgan fingerprint density at radius 3 is 2.43 bits per heavy atom. The summed E-state index contributed by atoms with van der Waals surface area (Å²) in [7, 11) is -3.87. The molecule has 2 rings (SSSR count). The van der Waals surface area contributed by atoms with Crippen molar-refractivity contribution >= 4 is 21.7 Å². The molecule has 7 heteroatoms. The summed E-state index contributed by atoms with van der Waals surface area (Å²) in [5, 5.41) is 0. The third-order valence-electron chi connectivity index (χ3n) is 2.99. The van der Waals surface area contributed by atoms with Crippen molar-refractivity contribution in [3.8, 4) is 0 Å². The van der Waals surface area contributed by atoms with Crippen LogP contribution in [0, 0.1) is 12.7 Å². The second-order valence-electron chi connectivity index (χ2n) is 4.87. The van der Waals surface area contributed by atoms with Crippen LogP contribution in [-0.2, 0) is 14.8 Å². The first-order valence-corrected chi connectivity index (χ1v) is 8.37. The van der Waals surface area contributed by atoms with E-state index in [2.05, 4.69) is 4.72 Å². The van der Waals surface area contributed by atoms with Gasteiger partial charge in [0.15, 0.2) is 0 Å². The molecule has 2 aromatic carbocycles. The minimum atomic E-state index is -3.87. The van der Waals surface area contributed by atoms with E-state index < -0.39 is 21.8 Å². The van der Waals surface area contributed by atoms with E-state index in [1.165, 1.54) is 18.2 Å². The van der Waals surface area contributed by atoms with E-state index >= 15 is 0 Å². The van der Waals surface area contributed by atoms with Gasteiger partial charge in [-0.05, 0) is 44.2 Å². The maximum atomic E-state index is 13.6. The molecule has 0 saturated carbocycles. The lowest BCUT2D eigenvalue weighted by atomic mass is 10.2. The molecule has 0 heterocycles. The lowest BCUT2D eigenvalue weighted by Crippen LogP contribution is -2.14. The Kier molecular flexibility index (Phi) is 5.00. The average Bonchev–Trinajstić information content (AvgIpc) is 2.46. The van der Waals surface area contributed by atoms with Crippen LogP contribution in [0.15, 0.2) is 47.4 Å². The molecule has 0 saturated heterocycles. The van der Waals surface area contributed by atoms with Gasteiger partial charge in [-0.1, -0.05) is 17.7 Å². The van der Waals surface area contributed by atoms with Gasteiger partial charge < -0.3 is 4.74 Å². The summed E-state index contributed by atoms with van der Waals surface area (Å²) in [4.78, 5) is 11.7. The third-order valence-corrected chi connectivity index (χ3v) is 4.39. The molecule has 0 atom stereocenters. The first-order chi connectivity index (χ1) is 10.8. The first-order valence-electron chi connectivity index (χ1n) is 6.89. The summed E-state index contributed by atoms with van der Waals surface area (Å²) >= 11 is 0. The Morgan fingerprint density at radius 1 is 1.17 bits per heavy atom. The molecule has 5 nitrogen and oxygen atoms in total. The summed E-state index contributed by atoms with van der Waals surface area (Å²) in [6.45, 7) is 3.60. The van der Waals surface area contributed by atoms with E-state index in [4.69, 9.17) is 4.74 Å². The Bertz CT molecular complexity index is 816. The van der Waals surface area contributed by atoms with Gasteiger partial charge in [0.05, 0.1) is 22.8 Å². The van der Waals surface area contributed by atoms with Crippen LogP contribution in [0.3, 0.4) is 0 Å². The quantitative estimate of drug-likeness (QED) is 0.851. The number of carbonyl (C=O) groups is 1. The second kappa shape index (κ2) is 6.78. The molecule has 0 fully saturated rings. The minimum Gasteiger partial charge on any atom is -0.462 e. The maximum Gasteiger partial charge on any atom is 0.338 e. The highest BCUT2D eigenvalue weighted by atomic mass is 32.2. The molecule has 23 heavy (non-hydrogen) atoms. The Hall–Kier alpha value is -2.41. The van der Waals surface area contributed by atoms with Gasteiger partial charge in [-0.25, -0.2) is 17.6 Å². The number of hydrogen-bond acceptors (Lipinski definition) is 4. The van der Waals surface area contributed by atoms with E-state index in [1.54, 1.807) is 19.1 Å². The van der Waals surface area contributed by atoms with Crippen LogP contribution in [0.2, 0.25) is 0 Å². The summed E-state index contributed by atoms with van der Waals surface area (Å²) in [6, 6.07) is 9.42. The molecule has 122 valence electrons. The van der Waals surface area contributed by atoms with Gasteiger partial charge in [-0.2, -0.15) is 0 Å². The van der Waals surface area contributed by atoms with Gasteiger partial charge in [0, 0.05) is 0 Å².